The molecule has 1 aliphatic heterocycles. The van der Waals surface area contributed by atoms with Crippen LogP contribution in [0.25, 0.3) is 0 Å². The van der Waals surface area contributed by atoms with E-state index in [1.165, 1.54) is 180 Å². The Morgan fingerprint density at radius 2 is 0.950 bits per heavy atom. The van der Waals surface area contributed by atoms with Gasteiger partial charge in [-0.3, -0.25) is 4.79 Å². The third-order valence-corrected chi connectivity index (χ3v) is 12.3. The topological polar surface area (TPSA) is 149 Å². The average molecular weight is 852 g/mol. The van der Waals surface area contributed by atoms with Crippen LogP contribution in [0.5, 0.6) is 0 Å². The summed E-state index contributed by atoms with van der Waals surface area (Å²) in [5, 5.41) is 54.3. The van der Waals surface area contributed by atoms with E-state index >= 15 is 0 Å². The Bertz CT molecular complexity index is 992. The maximum atomic E-state index is 13.0. The highest BCUT2D eigenvalue weighted by atomic mass is 16.7. The predicted octanol–water partition coefficient (Wildman–Crippen LogP) is 11.5. The van der Waals surface area contributed by atoms with Gasteiger partial charge in [0.1, 0.15) is 24.4 Å². The average Bonchev–Trinajstić information content (AvgIpc) is 3.25. The Morgan fingerprint density at radius 1 is 0.550 bits per heavy atom. The van der Waals surface area contributed by atoms with Crippen LogP contribution in [0, 0.1) is 0 Å². The Morgan fingerprint density at radius 3 is 1.40 bits per heavy atom. The number of hydrogen-bond donors (Lipinski definition) is 6. The van der Waals surface area contributed by atoms with E-state index < -0.39 is 49.5 Å². The van der Waals surface area contributed by atoms with Crippen molar-refractivity contribution in [1.29, 1.82) is 0 Å². The number of aliphatic hydroxyl groups excluding tert-OH is 5. The molecule has 9 nitrogen and oxygen atoms in total. The molecule has 60 heavy (non-hydrogen) atoms. The second-order valence-electron chi connectivity index (χ2n) is 18.0. The van der Waals surface area contributed by atoms with Crippen molar-refractivity contribution in [2.75, 3.05) is 13.2 Å². The van der Waals surface area contributed by atoms with Crippen LogP contribution in [-0.2, 0) is 14.3 Å². The van der Waals surface area contributed by atoms with E-state index in [0.717, 1.165) is 38.5 Å². The minimum atomic E-state index is -1.57. The van der Waals surface area contributed by atoms with E-state index in [1.807, 2.05) is 6.08 Å². The maximum absolute atomic E-state index is 13.0. The van der Waals surface area contributed by atoms with Crippen molar-refractivity contribution in [3.05, 3.63) is 24.3 Å². The first-order valence-electron chi connectivity index (χ1n) is 25.6. The van der Waals surface area contributed by atoms with Gasteiger partial charge in [0.25, 0.3) is 0 Å². The van der Waals surface area contributed by atoms with Gasteiger partial charge in [-0.1, -0.05) is 224 Å². The lowest BCUT2D eigenvalue weighted by molar-refractivity contribution is -0.302. The zero-order chi connectivity index (χ0) is 43.7. The van der Waals surface area contributed by atoms with Crippen LogP contribution < -0.4 is 5.32 Å². The lowest BCUT2D eigenvalue weighted by atomic mass is 9.99. The molecule has 0 aromatic rings. The maximum Gasteiger partial charge on any atom is 0.220 e. The van der Waals surface area contributed by atoms with Gasteiger partial charge in [0, 0.05) is 6.42 Å². The van der Waals surface area contributed by atoms with Crippen LogP contribution in [0.3, 0.4) is 0 Å². The number of allylic oxidation sites excluding steroid dienone is 3. The van der Waals surface area contributed by atoms with Crippen LogP contribution in [0.1, 0.15) is 239 Å². The van der Waals surface area contributed by atoms with Crippen LogP contribution in [-0.4, -0.2) is 87.5 Å². The monoisotopic (exact) mass is 852 g/mol. The molecule has 1 fully saturated rings. The molecule has 9 heteroatoms. The number of ether oxygens (including phenoxy) is 2. The Balaban J connectivity index is 2.31. The number of amides is 1. The van der Waals surface area contributed by atoms with E-state index in [4.69, 9.17) is 9.47 Å². The lowest BCUT2D eigenvalue weighted by Crippen LogP contribution is -2.60. The third-order valence-electron chi connectivity index (χ3n) is 12.3. The molecule has 6 N–H and O–H groups in total. The van der Waals surface area contributed by atoms with Crippen molar-refractivity contribution in [2.24, 2.45) is 0 Å². The fraction of sp³-hybridized carbons (Fsp3) is 0.902. The van der Waals surface area contributed by atoms with Crippen LogP contribution in [0.2, 0.25) is 0 Å². The molecular weight excluding hydrogens is 755 g/mol. The van der Waals surface area contributed by atoms with Crippen molar-refractivity contribution < 1.29 is 39.8 Å². The van der Waals surface area contributed by atoms with E-state index in [1.54, 1.807) is 6.08 Å². The zero-order valence-electron chi connectivity index (χ0n) is 39.0. The molecule has 1 aliphatic rings. The van der Waals surface area contributed by atoms with Gasteiger partial charge in [-0.2, -0.15) is 0 Å². The second-order valence-corrected chi connectivity index (χ2v) is 18.0. The summed E-state index contributed by atoms with van der Waals surface area (Å²) in [6.07, 6.45) is 43.7. The standard InChI is InChI=1S/C51H97NO8/c1-3-5-7-9-11-13-15-17-19-21-22-23-25-27-29-31-33-35-37-39-41-47(55)52-44(43-59-51-50(58)49(57)48(56)46(42-53)60-51)45(54)40-38-36-34-32-30-28-26-24-20-18-16-14-12-10-8-6-4-2/h30,32,38,40,44-46,48-51,53-54,56-58H,3-29,31,33-37,39,41-43H2,1-2H3,(H,52,55)/b32-30+,40-38+/t44-,45+,46-,48-,49?,50?,51-/m0/s1. The molecule has 1 rings (SSSR count). The summed E-state index contributed by atoms with van der Waals surface area (Å²) in [6.45, 7) is 3.78. The van der Waals surface area contributed by atoms with Crippen LogP contribution in [0.15, 0.2) is 24.3 Å². The number of unbranched alkanes of at least 4 members (excludes halogenated alkanes) is 31. The number of nitrogens with one attached hydrogen (secondary N) is 1. The number of carbonyl (C=O) groups is 1. The fourth-order valence-electron chi connectivity index (χ4n) is 8.17. The molecule has 0 bridgehead atoms. The molecule has 2 unspecified atom stereocenters. The van der Waals surface area contributed by atoms with Gasteiger partial charge in [0.15, 0.2) is 6.29 Å². The smallest absolute Gasteiger partial charge is 0.220 e. The molecule has 0 radical (unpaired) electrons. The number of hydrogen-bond acceptors (Lipinski definition) is 8. The molecule has 1 amide bonds. The fourth-order valence-corrected chi connectivity index (χ4v) is 8.17. The summed E-state index contributed by atoms with van der Waals surface area (Å²) in [7, 11) is 0. The summed E-state index contributed by atoms with van der Waals surface area (Å²) in [6, 6.07) is -0.817. The second kappa shape index (κ2) is 41.7. The number of rotatable bonds is 43. The van der Waals surface area contributed by atoms with Gasteiger partial charge in [0.2, 0.25) is 5.91 Å². The third kappa shape index (κ3) is 31.5. The normalized spacial score (nSPS) is 20.7. The van der Waals surface area contributed by atoms with Crippen molar-refractivity contribution in [2.45, 2.75) is 281 Å². The molecule has 0 saturated carbocycles. The van der Waals surface area contributed by atoms with E-state index in [-0.39, 0.29) is 12.5 Å². The van der Waals surface area contributed by atoms with Gasteiger partial charge in [0.05, 0.1) is 25.4 Å². The molecule has 7 atom stereocenters. The first kappa shape index (κ1) is 56.7. The Kier molecular flexibility index (Phi) is 39.4. The van der Waals surface area contributed by atoms with Gasteiger partial charge in [-0.15, -0.1) is 0 Å². The quantitative estimate of drug-likeness (QED) is 0.0262. The predicted molar refractivity (Wildman–Crippen MR) is 249 cm³/mol. The molecule has 0 aromatic heterocycles. The first-order valence-corrected chi connectivity index (χ1v) is 25.6. The molecule has 0 aromatic carbocycles. The first-order chi connectivity index (χ1) is 29.3. The molecule has 354 valence electrons. The molecule has 0 spiro atoms. The molecular formula is C51H97NO8. The highest BCUT2D eigenvalue weighted by Gasteiger charge is 2.44. The number of aliphatic hydroxyl groups is 5. The van der Waals surface area contributed by atoms with Crippen LogP contribution >= 0.6 is 0 Å². The Labute approximate surface area is 369 Å². The summed E-state index contributed by atoms with van der Waals surface area (Å²) >= 11 is 0. The van der Waals surface area contributed by atoms with E-state index in [0.29, 0.717) is 6.42 Å². The number of carbonyl (C=O) groups excluding carboxylic acids is 1. The van der Waals surface area contributed by atoms with E-state index in [9.17, 15) is 30.3 Å². The summed E-state index contributed by atoms with van der Waals surface area (Å²) in [5.74, 6) is -0.183. The van der Waals surface area contributed by atoms with Crippen LogP contribution in [0.4, 0.5) is 0 Å². The van der Waals surface area contributed by atoms with Gasteiger partial charge >= 0.3 is 0 Å². The molecule has 1 heterocycles. The highest BCUT2D eigenvalue weighted by molar-refractivity contribution is 5.76. The molecule has 0 aliphatic carbocycles. The van der Waals surface area contributed by atoms with Crippen molar-refractivity contribution in [3.8, 4) is 0 Å². The lowest BCUT2D eigenvalue weighted by Gasteiger charge is -2.40. The van der Waals surface area contributed by atoms with Crippen molar-refractivity contribution in [3.63, 3.8) is 0 Å². The Hall–Kier alpha value is -1.33. The minimum absolute atomic E-state index is 0.183. The summed E-state index contributed by atoms with van der Waals surface area (Å²) < 4.78 is 11.2. The van der Waals surface area contributed by atoms with Gasteiger partial charge in [-0.25, -0.2) is 0 Å². The summed E-state index contributed by atoms with van der Waals surface area (Å²) in [5.41, 5.74) is 0. The van der Waals surface area contributed by atoms with E-state index in [2.05, 4.69) is 31.3 Å². The van der Waals surface area contributed by atoms with Crippen molar-refractivity contribution in [1.82, 2.24) is 5.32 Å². The minimum Gasteiger partial charge on any atom is -0.394 e. The molecule has 1 saturated heterocycles. The summed E-state index contributed by atoms with van der Waals surface area (Å²) in [4.78, 5) is 13.0. The van der Waals surface area contributed by atoms with Gasteiger partial charge in [-0.05, 0) is 32.1 Å². The highest BCUT2D eigenvalue weighted by Crippen LogP contribution is 2.23. The van der Waals surface area contributed by atoms with Crippen molar-refractivity contribution >= 4 is 5.91 Å². The SMILES string of the molecule is CCCCCCCCCCCCC/C=C/CC/C=C/[C@@H](O)[C@H](CO[C@H]1O[C@@H](CO)[C@H](O)C(O)C1O)NC(=O)CCCCCCCCCCCCCCCCCCCCCC. The zero-order valence-corrected chi connectivity index (χ0v) is 39.0. The largest absolute Gasteiger partial charge is 0.394 e. The van der Waals surface area contributed by atoms with Gasteiger partial charge < -0.3 is 40.3 Å².